The number of aryl methyl sites for hydroxylation is 1. The van der Waals surface area contributed by atoms with Crippen molar-refractivity contribution in [2.45, 2.75) is 6.54 Å². The van der Waals surface area contributed by atoms with Crippen LogP contribution in [0.1, 0.15) is 5.56 Å². The molecule has 0 spiro atoms. The zero-order valence-electron chi connectivity index (χ0n) is 8.57. The number of rotatable bonds is 3. The summed E-state index contributed by atoms with van der Waals surface area (Å²) in [5.41, 5.74) is 1.68. The summed E-state index contributed by atoms with van der Waals surface area (Å²) >= 11 is 0. The van der Waals surface area contributed by atoms with Gasteiger partial charge in [0.25, 0.3) is 0 Å². The van der Waals surface area contributed by atoms with E-state index in [1.54, 1.807) is 12.1 Å². The Kier molecular flexibility index (Phi) is 2.72. The second-order valence-electron chi connectivity index (χ2n) is 3.52. The number of halogens is 1. The van der Waals surface area contributed by atoms with Gasteiger partial charge in [-0.1, -0.05) is 12.1 Å². The summed E-state index contributed by atoms with van der Waals surface area (Å²) in [6.07, 6.45) is 3.98. The van der Waals surface area contributed by atoms with Crippen LogP contribution in [0.3, 0.4) is 0 Å². The highest BCUT2D eigenvalue weighted by molar-refractivity contribution is 5.44. The summed E-state index contributed by atoms with van der Waals surface area (Å²) in [4.78, 5) is 0. The summed E-state index contributed by atoms with van der Waals surface area (Å²) in [6.45, 7) is 0.641. The fourth-order valence-corrected chi connectivity index (χ4v) is 1.47. The summed E-state index contributed by atoms with van der Waals surface area (Å²) in [5, 5.41) is 3.05. The lowest BCUT2D eigenvalue weighted by molar-refractivity contribution is 0.630. The summed E-state index contributed by atoms with van der Waals surface area (Å²) < 4.78 is 15.2. The molecular formula is C12H13FN2. The van der Waals surface area contributed by atoms with Gasteiger partial charge in [0.15, 0.2) is 0 Å². The number of nitrogens with zero attached hydrogens (tertiary/aromatic N) is 1. The fourth-order valence-electron chi connectivity index (χ4n) is 1.47. The molecule has 1 aromatic heterocycles. The monoisotopic (exact) mass is 204 g/mol. The van der Waals surface area contributed by atoms with E-state index in [4.69, 9.17) is 0 Å². The van der Waals surface area contributed by atoms with E-state index in [9.17, 15) is 4.39 Å². The quantitative estimate of drug-likeness (QED) is 0.813. The van der Waals surface area contributed by atoms with Crippen molar-refractivity contribution in [2.24, 2.45) is 7.05 Å². The van der Waals surface area contributed by atoms with Crippen molar-refractivity contribution < 1.29 is 4.39 Å². The van der Waals surface area contributed by atoms with Crippen molar-refractivity contribution in [3.8, 4) is 0 Å². The van der Waals surface area contributed by atoms with Crippen LogP contribution in [0, 0.1) is 5.82 Å². The molecular weight excluding hydrogens is 191 g/mol. The van der Waals surface area contributed by atoms with Gasteiger partial charge < -0.3 is 9.88 Å². The second kappa shape index (κ2) is 4.17. The van der Waals surface area contributed by atoms with E-state index in [1.165, 1.54) is 6.07 Å². The molecule has 0 aliphatic rings. The molecule has 0 saturated carbocycles. The van der Waals surface area contributed by atoms with Crippen LogP contribution in [-0.2, 0) is 13.6 Å². The predicted molar refractivity (Wildman–Crippen MR) is 59.1 cm³/mol. The highest BCUT2D eigenvalue weighted by Crippen LogP contribution is 2.13. The molecule has 78 valence electrons. The van der Waals surface area contributed by atoms with E-state index >= 15 is 0 Å². The summed E-state index contributed by atoms with van der Waals surface area (Å²) in [7, 11) is 1.96. The molecule has 15 heavy (non-hydrogen) atoms. The molecule has 0 bridgehead atoms. The largest absolute Gasteiger partial charge is 0.379 e. The third-order valence-corrected chi connectivity index (χ3v) is 2.25. The van der Waals surface area contributed by atoms with E-state index in [2.05, 4.69) is 5.32 Å². The van der Waals surface area contributed by atoms with Crippen LogP contribution in [0.25, 0.3) is 0 Å². The Labute approximate surface area is 88.4 Å². The number of para-hydroxylation sites is 1. The number of hydrogen-bond donors (Lipinski definition) is 1. The number of hydrogen-bond acceptors (Lipinski definition) is 1. The van der Waals surface area contributed by atoms with Gasteiger partial charge in [0.1, 0.15) is 5.82 Å². The molecule has 0 amide bonds. The van der Waals surface area contributed by atoms with Crippen molar-refractivity contribution in [3.63, 3.8) is 0 Å². The smallest absolute Gasteiger partial charge is 0.146 e. The standard InChI is InChI=1S/C12H13FN2/c1-15-7-6-10(9-15)8-14-12-5-3-2-4-11(12)13/h2-7,9,14H,8H2,1H3. The Balaban J connectivity index is 2.02. The first-order valence-corrected chi connectivity index (χ1v) is 4.85. The van der Waals surface area contributed by atoms with Crippen molar-refractivity contribution in [2.75, 3.05) is 5.32 Å². The van der Waals surface area contributed by atoms with Crippen molar-refractivity contribution in [1.82, 2.24) is 4.57 Å². The highest BCUT2D eigenvalue weighted by atomic mass is 19.1. The maximum absolute atomic E-state index is 13.2. The zero-order chi connectivity index (χ0) is 10.7. The van der Waals surface area contributed by atoms with Crippen LogP contribution >= 0.6 is 0 Å². The molecule has 0 unspecified atom stereocenters. The average Bonchev–Trinajstić information content (AvgIpc) is 2.63. The fraction of sp³-hybridized carbons (Fsp3) is 0.167. The van der Waals surface area contributed by atoms with Gasteiger partial charge in [-0.2, -0.15) is 0 Å². The Morgan fingerprint density at radius 3 is 2.73 bits per heavy atom. The molecule has 2 aromatic rings. The van der Waals surface area contributed by atoms with Gasteiger partial charge in [-0.15, -0.1) is 0 Å². The van der Waals surface area contributed by atoms with Gasteiger partial charge in [0.05, 0.1) is 5.69 Å². The Morgan fingerprint density at radius 1 is 1.27 bits per heavy atom. The molecule has 0 radical (unpaired) electrons. The van der Waals surface area contributed by atoms with Crippen molar-refractivity contribution in [3.05, 3.63) is 54.1 Å². The SMILES string of the molecule is Cn1ccc(CNc2ccccc2F)c1. The van der Waals surface area contributed by atoms with Crippen LogP contribution in [0.4, 0.5) is 10.1 Å². The molecule has 1 aromatic carbocycles. The second-order valence-corrected chi connectivity index (χ2v) is 3.52. The van der Waals surface area contributed by atoms with E-state index in [0.717, 1.165) is 5.56 Å². The number of anilines is 1. The van der Waals surface area contributed by atoms with Crippen LogP contribution in [0.5, 0.6) is 0 Å². The third kappa shape index (κ3) is 2.37. The van der Waals surface area contributed by atoms with Gasteiger partial charge in [-0.3, -0.25) is 0 Å². The highest BCUT2D eigenvalue weighted by Gasteiger charge is 1.99. The Bertz CT molecular complexity index is 448. The van der Waals surface area contributed by atoms with Gasteiger partial charge >= 0.3 is 0 Å². The summed E-state index contributed by atoms with van der Waals surface area (Å²) in [6, 6.07) is 8.69. The third-order valence-electron chi connectivity index (χ3n) is 2.25. The van der Waals surface area contributed by atoms with Crippen LogP contribution < -0.4 is 5.32 Å². The van der Waals surface area contributed by atoms with E-state index in [0.29, 0.717) is 12.2 Å². The first kappa shape index (κ1) is 9.77. The molecule has 1 N–H and O–H groups in total. The van der Waals surface area contributed by atoms with E-state index in [1.807, 2.05) is 36.1 Å². The van der Waals surface area contributed by atoms with Crippen LogP contribution in [0.15, 0.2) is 42.7 Å². The molecule has 2 rings (SSSR count). The number of nitrogens with one attached hydrogen (secondary N) is 1. The first-order chi connectivity index (χ1) is 7.25. The minimum Gasteiger partial charge on any atom is -0.379 e. The first-order valence-electron chi connectivity index (χ1n) is 4.85. The molecule has 0 saturated heterocycles. The maximum Gasteiger partial charge on any atom is 0.146 e. The number of aromatic nitrogens is 1. The lowest BCUT2D eigenvalue weighted by Gasteiger charge is -2.05. The van der Waals surface area contributed by atoms with E-state index < -0.39 is 0 Å². The number of benzene rings is 1. The van der Waals surface area contributed by atoms with Gasteiger partial charge in [-0.25, -0.2) is 4.39 Å². The molecule has 0 aliphatic carbocycles. The zero-order valence-corrected chi connectivity index (χ0v) is 8.57. The molecule has 0 atom stereocenters. The van der Waals surface area contributed by atoms with Crippen molar-refractivity contribution in [1.29, 1.82) is 0 Å². The van der Waals surface area contributed by atoms with Crippen molar-refractivity contribution >= 4 is 5.69 Å². The van der Waals surface area contributed by atoms with Gasteiger partial charge in [0.2, 0.25) is 0 Å². The molecule has 0 aliphatic heterocycles. The van der Waals surface area contributed by atoms with Gasteiger partial charge in [0, 0.05) is 26.0 Å². The maximum atomic E-state index is 13.2. The lowest BCUT2D eigenvalue weighted by Crippen LogP contribution is -2.00. The van der Waals surface area contributed by atoms with Gasteiger partial charge in [-0.05, 0) is 23.8 Å². The topological polar surface area (TPSA) is 17.0 Å². The van der Waals surface area contributed by atoms with E-state index in [-0.39, 0.29) is 5.82 Å². The molecule has 1 heterocycles. The minimum atomic E-state index is -0.214. The molecule has 0 fully saturated rings. The predicted octanol–water partition coefficient (Wildman–Crippen LogP) is 2.78. The normalized spacial score (nSPS) is 10.3. The summed E-state index contributed by atoms with van der Waals surface area (Å²) in [5.74, 6) is -0.214. The minimum absolute atomic E-state index is 0.214. The Hall–Kier alpha value is -1.77. The Morgan fingerprint density at radius 2 is 2.07 bits per heavy atom. The average molecular weight is 204 g/mol. The molecule has 3 heteroatoms. The van der Waals surface area contributed by atoms with Crippen LogP contribution in [0.2, 0.25) is 0 Å². The lowest BCUT2D eigenvalue weighted by atomic mass is 10.3. The van der Waals surface area contributed by atoms with Crippen LogP contribution in [-0.4, -0.2) is 4.57 Å². The molecule has 2 nitrogen and oxygen atoms in total.